The molecule has 2 rings (SSSR count). The maximum atomic E-state index is 12.3. The second kappa shape index (κ2) is 5.83. The SMILES string of the molecule is Cc1ccc(S(=O)(=O)Nc2ccc(Br)c(C)n2)c(Br)c1. The summed E-state index contributed by atoms with van der Waals surface area (Å²) < 4.78 is 28.5. The fourth-order valence-corrected chi connectivity index (χ4v) is 4.03. The molecule has 0 atom stereocenters. The van der Waals surface area contributed by atoms with Gasteiger partial charge in [0.25, 0.3) is 10.0 Å². The number of aryl methyl sites for hydroxylation is 2. The minimum absolute atomic E-state index is 0.186. The Morgan fingerprint density at radius 1 is 1.05 bits per heavy atom. The van der Waals surface area contributed by atoms with E-state index in [-0.39, 0.29) is 10.7 Å². The molecule has 0 saturated carbocycles. The lowest BCUT2D eigenvalue weighted by atomic mass is 10.2. The summed E-state index contributed by atoms with van der Waals surface area (Å²) in [5.41, 5.74) is 1.70. The smallest absolute Gasteiger partial charge is 0.263 e. The first-order valence-electron chi connectivity index (χ1n) is 5.72. The number of nitrogens with zero attached hydrogens (tertiary/aromatic N) is 1. The number of hydrogen-bond donors (Lipinski definition) is 1. The third-order valence-electron chi connectivity index (χ3n) is 2.64. The van der Waals surface area contributed by atoms with Crippen LogP contribution in [0.5, 0.6) is 0 Å². The van der Waals surface area contributed by atoms with Crippen LogP contribution in [0.4, 0.5) is 5.82 Å². The van der Waals surface area contributed by atoms with Crippen LogP contribution in [0.15, 0.2) is 44.2 Å². The zero-order chi connectivity index (χ0) is 14.9. The average Bonchev–Trinajstić information content (AvgIpc) is 2.33. The van der Waals surface area contributed by atoms with E-state index in [1.54, 1.807) is 37.3 Å². The number of benzene rings is 1. The summed E-state index contributed by atoms with van der Waals surface area (Å²) in [5, 5.41) is 0. The van der Waals surface area contributed by atoms with Crippen molar-refractivity contribution in [2.45, 2.75) is 18.7 Å². The maximum Gasteiger partial charge on any atom is 0.264 e. The summed E-state index contributed by atoms with van der Waals surface area (Å²) in [4.78, 5) is 4.36. The zero-order valence-corrected chi connectivity index (χ0v) is 14.8. The highest BCUT2D eigenvalue weighted by atomic mass is 79.9. The van der Waals surface area contributed by atoms with E-state index in [1.165, 1.54) is 0 Å². The van der Waals surface area contributed by atoms with Gasteiger partial charge in [-0.15, -0.1) is 0 Å². The Balaban J connectivity index is 2.38. The number of nitrogens with one attached hydrogen (secondary N) is 1. The van der Waals surface area contributed by atoms with Gasteiger partial charge in [0.15, 0.2) is 0 Å². The second-order valence-corrected chi connectivity index (χ2v) is 7.66. The molecule has 2 aromatic rings. The van der Waals surface area contributed by atoms with E-state index in [2.05, 4.69) is 41.6 Å². The van der Waals surface area contributed by atoms with Crippen molar-refractivity contribution < 1.29 is 8.42 Å². The quantitative estimate of drug-likeness (QED) is 0.816. The van der Waals surface area contributed by atoms with Crippen LogP contribution >= 0.6 is 31.9 Å². The molecule has 1 N–H and O–H groups in total. The van der Waals surface area contributed by atoms with Crippen molar-refractivity contribution in [2.75, 3.05) is 4.72 Å². The van der Waals surface area contributed by atoms with Gasteiger partial charge in [-0.25, -0.2) is 13.4 Å². The Morgan fingerprint density at radius 2 is 1.75 bits per heavy atom. The normalized spacial score (nSPS) is 11.4. The Bertz CT molecular complexity index is 761. The predicted octanol–water partition coefficient (Wildman–Crippen LogP) is 4.02. The summed E-state index contributed by atoms with van der Waals surface area (Å²) >= 11 is 6.60. The molecular formula is C13H12Br2N2O2S. The Kier molecular flexibility index (Phi) is 4.51. The van der Waals surface area contributed by atoms with E-state index in [4.69, 9.17) is 0 Å². The molecular weight excluding hydrogens is 408 g/mol. The molecule has 0 aliphatic carbocycles. The highest BCUT2D eigenvalue weighted by Crippen LogP contribution is 2.25. The van der Waals surface area contributed by atoms with Gasteiger partial charge in [-0.05, 0) is 75.5 Å². The van der Waals surface area contributed by atoms with Gasteiger partial charge in [-0.3, -0.25) is 4.72 Å². The average molecular weight is 420 g/mol. The number of anilines is 1. The van der Waals surface area contributed by atoms with E-state index < -0.39 is 10.0 Å². The van der Waals surface area contributed by atoms with E-state index in [0.717, 1.165) is 10.0 Å². The van der Waals surface area contributed by atoms with Gasteiger partial charge >= 0.3 is 0 Å². The standard InChI is InChI=1S/C13H12Br2N2O2S/c1-8-3-5-12(11(15)7-8)20(18,19)17-13-6-4-10(14)9(2)16-13/h3-7H,1-2H3,(H,16,17). The molecule has 0 bridgehead atoms. The van der Waals surface area contributed by atoms with Crippen molar-refractivity contribution in [1.82, 2.24) is 4.98 Å². The van der Waals surface area contributed by atoms with Crippen molar-refractivity contribution in [3.05, 3.63) is 50.5 Å². The van der Waals surface area contributed by atoms with Crippen LogP contribution < -0.4 is 4.72 Å². The highest BCUT2D eigenvalue weighted by molar-refractivity contribution is 9.10. The maximum absolute atomic E-state index is 12.3. The number of pyridine rings is 1. The Labute approximate surface area is 134 Å². The first-order chi connectivity index (χ1) is 9.29. The Hall–Kier alpha value is -0.920. The fraction of sp³-hybridized carbons (Fsp3) is 0.154. The summed E-state index contributed by atoms with van der Waals surface area (Å²) in [6.45, 7) is 3.69. The molecule has 0 fully saturated rings. The minimum atomic E-state index is -3.67. The molecule has 0 amide bonds. The first kappa shape index (κ1) is 15.5. The number of sulfonamides is 1. The predicted molar refractivity (Wildman–Crippen MR) is 86.4 cm³/mol. The van der Waals surface area contributed by atoms with Gasteiger partial charge in [-0.2, -0.15) is 0 Å². The molecule has 1 heterocycles. The van der Waals surface area contributed by atoms with E-state index in [0.29, 0.717) is 10.2 Å². The van der Waals surface area contributed by atoms with Gasteiger partial charge in [0.1, 0.15) is 10.7 Å². The number of hydrogen-bond acceptors (Lipinski definition) is 3. The number of rotatable bonds is 3. The van der Waals surface area contributed by atoms with E-state index >= 15 is 0 Å². The minimum Gasteiger partial charge on any atom is -0.263 e. The highest BCUT2D eigenvalue weighted by Gasteiger charge is 2.18. The molecule has 0 spiro atoms. The van der Waals surface area contributed by atoms with Crippen LogP contribution in [0.25, 0.3) is 0 Å². The van der Waals surface area contributed by atoms with Crippen LogP contribution in [0, 0.1) is 13.8 Å². The molecule has 7 heteroatoms. The van der Waals surface area contributed by atoms with Crippen molar-refractivity contribution >= 4 is 47.7 Å². The van der Waals surface area contributed by atoms with Crippen LogP contribution in [0.1, 0.15) is 11.3 Å². The Morgan fingerprint density at radius 3 is 2.35 bits per heavy atom. The summed E-state index contributed by atoms with van der Waals surface area (Å²) in [6.07, 6.45) is 0. The second-order valence-electron chi connectivity index (χ2n) is 4.30. The van der Waals surface area contributed by atoms with E-state index in [9.17, 15) is 8.42 Å². The van der Waals surface area contributed by atoms with Crippen molar-refractivity contribution in [2.24, 2.45) is 0 Å². The molecule has 20 heavy (non-hydrogen) atoms. The molecule has 4 nitrogen and oxygen atoms in total. The van der Waals surface area contributed by atoms with Gasteiger partial charge in [-0.1, -0.05) is 6.07 Å². The van der Waals surface area contributed by atoms with Gasteiger partial charge in [0.2, 0.25) is 0 Å². The fourth-order valence-electron chi connectivity index (χ4n) is 1.62. The largest absolute Gasteiger partial charge is 0.264 e. The van der Waals surface area contributed by atoms with Crippen molar-refractivity contribution in [3.8, 4) is 0 Å². The topological polar surface area (TPSA) is 59.1 Å². The molecule has 106 valence electrons. The molecule has 1 aromatic heterocycles. The molecule has 0 aliphatic rings. The summed E-state index contributed by atoms with van der Waals surface area (Å²) in [6, 6.07) is 8.43. The zero-order valence-electron chi connectivity index (χ0n) is 10.8. The first-order valence-corrected chi connectivity index (χ1v) is 8.78. The molecule has 0 saturated heterocycles. The van der Waals surface area contributed by atoms with Crippen LogP contribution in [0.2, 0.25) is 0 Å². The van der Waals surface area contributed by atoms with Gasteiger partial charge in [0, 0.05) is 8.95 Å². The van der Waals surface area contributed by atoms with E-state index in [1.807, 2.05) is 6.92 Å². The lowest BCUT2D eigenvalue weighted by Crippen LogP contribution is -2.14. The number of aromatic nitrogens is 1. The molecule has 1 aromatic carbocycles. The summed E-state index contributed by atoms with van der Waals surface area (Å²) in [5.74, 6) is 0.290. The molecule has 0 radical (unpaired) electrons. The van der Waals surface area contributed by atoms with Crippen LogP contribution in [0.3, 0.4) is 0 Å². The molecule has 0 aliphatic heterocycles. The van der Waals surface area contributed by atoms with Crippen LogP contribution in [-0.4, -0.2) is 13.4 Å². The monoisotopic (exact) mass is 418 g/mol. The molecule has 0 unspecified atom stereocenters. The van der Waals surface area contributed by atoms with Crippen LogP contribution in [-0.2, 0) is 10.0 Å². The summed E-state index contributed by atoms with van der Waals surface area (Å²) in [7, 11) is -3.67. The van der Waals surface area contributed by atoms with Crippen molar-refractivity contribution in [3.63, 3.8) is 0 Å². The number of halogens is 2. The lowest BCUT2D eigenvalue weighted by molar-refractivity contribution is 0.600. The van der Waals surface area contributed by atoms with Gasteiger partial charge < -0.3 is 0 Å². The lowest BCUT2D eigenvalue weighted by Gasteiger charge is -2.10. The third-order valence-corrected chi connectivity index (χ3v) is 5.81. The van der Waals surface area contributed by atoms with Gasteiger partial charge in [0.05, 0.1) is 5.69 Å². The third kappa shape index (κ3) is 3.39. The van der Waals surface area contributed by atoms with Crippen molar-refractivity contribution in [1.29, 1.82) is 0 Å².